The minimum Gasteiger partial charge on any atom is -0.490 e. The highest BCUT2D eigenvalue weighted by molar-refractivity contribution is 5.47. The fourth-order valence-corrected chi connectivity index (χ4v) is 2.55. The summed E-state index contributed by atoms with van der Waals surface area (Å²) in [4.78, 5) is 6.34. The second-order valence-electron chi connectivity index (χ2n) is 5.82. The molecule has 0 unspecified atom stereocenters. The van der Waals surface area contributed by atoms with Crippen molar-refractivity contribution in [2.75, 3.05) is 32.2 Å². The number of aromatic nitrogens is 1. The van der Waals surface area contributed by atoms with Gasteiger partial charge in [-0.1, -0.05) is 12.1 Å². The van der Waals surface area contributed by atoms with Gasteiger partial charge in [-0.2, -0.15) is 0 Å². The highest BCUT2D eigenvalue weighted by atomic mass is 16.5. The molecule has 0 amide bonds. The molecule has 1 N–H and O–H groups in total. The van der Waals surface area contributed by atoms with E-state index in [0.717, 1.165) is 42.4 Å². The third-order valence-corrected chi connectivity index (χ3v) is 3.77. The summed E-state index contributed by atoms with van der Waals surface area (Å²) in [5, 5.41) is 3.47. The second-order valence-corrected chi connectivity index (χ2v) is 5.82. The van der Waals surface area contributed by atoms with Gasteiger partial charge in [0.25, 0.3) is 0 Å². The molecule has 0 saturated heterocycles. The largest absolute Gasteiger partial charge is 0.490 e. The van der Waals surface area contributed by atoms with Crippen LogP contribution in [-0.4, -0.2) is 32.3 Å². The highest BCUT2D eigenvalue weighted by Gasteiger charge is 2.14. The minimum atomic E-state index is 0.709. The molecule has 5 nitrogen and oxygen atoms in total. The molecule has 0 fully saturated rings. The first kappa shape index (κ1) is 15.6. The van der Waals surface area contributed by atoms with Crippen molar-refractivity contribution in [1.82, 2.24) is 10.3 Å². The van der Waals surface area contributed by atoms with Gasteiger partial charge in [-0.3, -0.25) is 0 Å². The van der Waals surface area contributed by atoms with Crippen molar-refractivity contribution < 1.29 is 9.47 Å². The molecule has 1 aromatic carbocycles. The van der Waals surface area contributed by atoms with Gasteiger partial charge in [0.05, 0.1) is 13.2 Å². The molecule has 0 radical (unpaired) electrons. The molecular weight excluding hydrogens is 290 g/mol. The van der Waals surface area contributed by atoms with Crippen molar-refractivity contribution in [3.8, 4) is 11.5 Å². The Kier molecular flexibility index (Phi) is 4.98. The van der Waals surface area contributed by atoms with Crippen LogP contribution in [0.2, 0.25) is 0 Å². The number of hydrogen-bond acceptors (Lipinski definition) is 5. The first-order chi connectivity index (χ1) is 11.2. The predicted molar refractivity (Wildman–Crippen MR) is 91.2 cm³/mol. The van der Waals surface area contributed by atoms with E-state index >= 15 is 0 Å². The molecule has 0 atom stereocenters. The molecular formula is C18H23N3O2. The third-order valence-electron chi connectivity index (χ3n) is 3.77. The fourth-order valence-electron chi connectivity index (χ4n) is 2.55. The van der Waals surface area contributed by atoms with Crippen LogP contribution in [0.3, 0.4) is 0 Å². The molecule has 2 heterocycles. The average molecular weight is 313 g/mol. The van der Waals surface area contributed by atoms with Crippen LogP contribution in [0.1, 0.15) is 17.5 Å². The maximum atomic E-state index is 5.85. The smallest absolute Gasteiger partial charge is 0.165 e. The zero-order valence-corrected chi connectivity index (χ0v) is 13.7. The van der Waals surface area contributed by atoms with Gasteiger partial charge < -0.3 is 19.7 Å². The van der Waals surface area contributed by atoms with Gasteiger partial charge in [-0.15, -0.1) is 0 Å². The first-order valence-corrected chi connectivity index (χ1v) is 7.94. The van der Waals surface area contributed by atoms with Crippen LogP contribution in [0.15, 0.2) is 36.5 Å². The number of nitrogens with one attached hydrogen (secondary N) is 1. The van der Waals surface area contributed by atoms with Crippen molar-refractivity contribution in [2.24, 2.45) is 0 Å². The number of hydrogen-bond donors (Lipinski definition) is 1. The van der Waals surface area contributed by atoms with Crippen LogP contribution in [0, 0.1) is 0 Å². The Bertz CT molecular complexity index is 658. The van der Waals surface area contributed by atoms with Gasteiger partial charge in [0.2, 0.25) is 0 Å². The number of benzene rings is 1. The van der Waals surface area contributed by atoms with Gasteiger partial charge in [-0.25, -0.2) is 4.98 Å². The van der Waals surface area contributed by atoms with Gasteiger partial charge in [0.15, 0.2) is 11.5 Å². The monoisotopic (exact) mass is 313 g/mol. The summed E-state index contributed by atoms with van der Waals surface area (Å²) in [5.41, 5.74) is 2.34. The second kappa shape index (κ2) is 7.33. The van der Waals surface area contributed by atoms with E-state index in [2.05, 4.69) is 22.4 Å². The van der Waals surface area contributed by atoms with Gasteiger partial charge in [-0.05, 0) is 23.8 Å². The van der Waals surface area contributed by atoms with E-state index in [1.54, 1.807) is 0 Å². The molecule has 5 heteroatoms. The van der Waals surface area contributed by atoms with Crippen LogP contribution in [0.4, 0.5) is 5.82 Å². The highest BCUT2D eigenvalue weighted by Crippen LogP contribution is 2.33. The Hall–Kier alpha value is -2.27. The Morgan fingerprint density at radius 2 is 2.00 bits per heavy atom. The van der Waals surface area contributed by atoms with Crippen LogP contribution in [-0.2, 0) is 13.1 Å². The van der Waals surface area contributed by atoms with Crippen LogP contribution in [0.25, 0.3) is 0 Å². The number of pyridine rings is 1. The van der Waals surface area contributed by atoms with Crippen molar-refractivity contribution >= 4 is 5.82 Å². The SMILES string of the molecule is CN(C)c1cc(CNCc2cccc3c2OCCCO3)ccn1. The Balaban J connectivity index is 1.64. The molecule has 0 aliphatic carbocycles. The van der Waals surface area contributed by atoms with Crippen LogP contribution in [0.5, 0.6) is 11.5 Å². The van der Waals surface area contributed by atoms with Gasteiger partial charge in [0.1, 0.15) is 5.82 Å². The topological polar surface area (TPSA) is 46.6 Å². The summed E-state index contributed by atoms with van der Waals surface area (Å²) in [7, 11) is 3.99. The number of para-hydroxylation sites is 1. The van der Waals surface area contributed by atoms with Crippen LogP contribution >= 0.6 is 0 Å². The minimum absolute atomic E-state index is 0.709. The van der Waals surface area contributed by atoms with Crippen molar-refractivity contribution in [3.63, 3.8) is 0 Å². The summed E-state index contributed by atoms with van der Waals surface area (Å²) in [6.45, 7) is 2.95. The van der Waals surface area contributed by atoms with Crippen molar-refractivity contribution in [1.29, 1.82) is 0 Å². The lowest BCUT2D eigenvalue weighted by molar-refractivity contribution is 0.296. The standard InChI is InChI=1S/C18H23N3O2/c1-21(2)17-11-14(7-8-20-17)12-19-13-15-5-3-6-16-18(15)23-10-4-9-22-16/h3,5-8,11,19H,4,9-10,12-13H2,1-2H3. The van der Waals surface area contributed by atoms with E-state index in [1.165, 1.54) is 5.56 Å². The molecule has 122 valence electrons. The van der Waals surface area contributed by atoms with Gasteiger partial charge >= 0.3 is 0 Å². The number of rotatable bonds is 5. The van der Waals surface area contributed by atoms with E-state index in [4.69, 9.17) is 9.47 Å². The maximum Gasteiger partial charge on any atom is 0.165 e. The quantitative estimate of drug-likeness (QED) is 0.919. The molecule has 0 bridgehead atoms. The normalized spacial score (nSPS) is 13.5. The average Bonchev–Trinajstić information content (AvgIpc) is 2.81. The molecule has 2 aromatic rings. The molecule has 3 rings (SSSR count). The van der Waals surface area contributed by atoms with E-state index < -0.39 is 0 Å². The number of ether oxygens (including phenoxy) is 2. The lowest BCUT2D eigenvalue weighted by atomic mass is 10.1. The number of anilines is 1. The summed E-state index contributed by atoms with van der Waals surface area (Å²) >= 11 is 0. The lowest BCUT2D eigenvalue weighted by Gasteiger charge is -2.14. The third kappa shape index (κ3) is 3.93. The molecule has 0 spiro atoms. The zero-order valence-electron chi connectivity index (χ0n) is 13.7. The molecule has 23 heavy (non-hydrogen) atoms. The van der Waals surface area contributed by atoms with Crippen molar-refractivity contribution in [2.45, 2.75) is 19.5 Å². The molecule has 0 saturated carbocycles. The fraction of sp³-hybridized carbons (Fsp3) is 0.389. The van der Waals surface area contributed by atoms with Crippen LogP contribution < -0.4 is 19.7 Å². The zero-order chi connectivity index (χ0) is 16.1. The van der Waals surface area contributed by atoms with E-state index in [-0.39, 0.29) is 0 Å². The summed E-state index contributed by atoms with van der Waals surface area (Å²) in [6.07, 6.45) is 2.77. The lowest BCUT2D eigenvalue weighted by Crippen LogP contribution is -2.15. The Morgan fingerprint density at radius 1 is 1.13 bits per heavy atom. The molecule has 1 aromatic heterocycles. The summed E-state index contributed by atoms with van der Waals surface area (Å²) < 4.78 is 11.6. The summed E-state index contributed by atoms with van der Waals surface area (Å²) in [5.74, 6) is 2.69. The van der Waals surface area contributed by atoms with E-state index in [9.17, 15) is 0 Å². The molecule has 1 aliphatic heterocycles. The number of fused-ring (bicyclic) bond motifs is 1. The predicted octanol–water partition coefficient (Wildman–Crippen LogP) is 2.60. The van der Waals surface area contributed by atoms with Gasteiger partial charge in [0, 0.05) is 45.4 Å². The first-order valence-electron chi connectivity index (χ1n) is 7.94. The Morgan fingerprint density at radius 3 is 2.87 bits per heavy atom. The Labute approximate surface area is 137 Å². The van der Waals surface area contributed by atoms with E-state index in [0.29, 0.717) is 13.2 Å². The molecule has 1 aliphatic rings. The summed E-state index contributed by atoms with van der Waals surface area (Å²) in [6, 6.07) is 10.2. The number of nitrogens with zero attached hydrogens (tertiary/aromatic N) is 2. The van der Waals surface area contributed by atoms with Crippen molar-refractivity contribution in [3.05, 3.63) is 47.7 Å². The van der Waals surface area contributed by atoms with E-state index in [1.807, 2.05) is 43.4 Å². The maximum absolute atomic E-state index is 5.85.